The second-order valence-corrected chi connectivity index (χ2v) is 5.32. The molecular weight excluding hydrogens is 260 g/mol. The van der Waals surface area contributed by atoms with Crippen molar-refractivity contribution in [2.45, 2.75) is 19.9 Å². The van der Waals surface area contributed by atoms with Gasteiger partial charge in [0.25, 0.3) is 5.56 Å². The van der Waals surface area contributed by atoms with E-state index in [1.165, 1.54) is 11.1 Å². The van der Waals surface area contributed by atoms with E-state index >= 15 is 0 Å². The van der Waals surface area contributed by atoms with Gasteiger partial charge in [0.05, 0.1) is 6.04 Å². The second-order valence-electron chi connectivity index (χ2n) is 5.32. The largest absolute Gasteiger partial charge is 0.365 e. The van der Waals surface area contributed by atoms with Crippen LogP contribution in [0.15, 0.2) is 59.4 Å². The highest BCUT2D eigenvalue weighted by Crippen LogP contribution is 2.21. The minimum Gasteiger partial charge on any atom is -0.365 e. The highest BCUT2D eigenvalue weighted by molar-refractivity contribution is 5.83. The number of rotatable bonds is 3. The Balaban J connectivity index is 1.95. The van der Waals surface area contributed by atoms with Crippen LogP contribution in [-0.4, -0.2) is 4.98 Å². The summed E-state index contributed by atoms with van der Waals surface area (Å²) in [7, 11) is 0. The summed E-state index contributed by atoms with van der Waals surface area (Å²) in [5.74, 6) is 0.745. The van der Waals surface area contributed by atoms with Gasteiger partial charge in [-0.3, -0.25) is 4.79 Å². The van der Waals surface area contributed by atoms with Crippen molar-refractivity contribution in [3.05, 3.63) is 76.1 Å². The van der Waals surface area contributed by atoms with Crippen LogP contribution in [0.3, 0.4) is 0 Å². The zero-order valence-corrected chi connectivity index (χ0v) is 12.2. The lowest BCUT2D eigenvalue weighted by Crippen LogP contribution is -2.14. The van der Waals surface area contributed by atoms with Gasteiger partial charge in [-0.15, -0.1) is 0 Å². The third kappa shape index (κ3) is 2.68. The lowest BCUT2D eigenvalue weighted by atomic mass is 10.0. The maximum absolute atomic E-state index is 12.1. The van der Waals surface area contributed by atoms with Crippen molar-refractivity contribution in [2.24, 2.45) is 0 Å². The van der Waals surface area contributed by atoms with Crippen molar-refractivity contribution in [3.8, 4) is 0 Å². The number of anilines is 1. The van der Waals surface area contributed by atoms with Gasteiger partial charge in [0.1, 0.15) is 5.82 Å². The highest BCUT2D eigenvalue weighted by atomic mass is 16.1. The van der Waals surface area contributed by atoms with Crippen LogP contribution in [0.5, 0.6) is 0 Å². The van der Waals surface area contributed by atoms with Crippen LogP contribution in [0, 0.1) is 6.92 Å². The SMILES string of the molecule is Cc1ccccc1C(C)Nc1cc2ccccc2c(=O)[nH]1. The van der Waals surface area contributed by atoms with Gasteiger partial charge in [-0.2, -0.15) is 0 Å². The van der Waals surface area contributed by atoms with Crippen molar-refractivity contribution in [1.82, 2.24) is 4.98 Å². The molecule has 3 heteroatoms. The average Bonchev–Trinajstić information content (AvgIpc) is 2.47. The summed E-state index contributed by atoms with van der Waals surface area (Å²) in [6.07, 6.45) is 0. The van der Waals surface area contributed by atoms with Crippen LogP contribution in [-0.2, 0) is 0 Å². The molecule has 0 amide bonds. The molecule has 2 aromatic carbocycles. The first-order chi connectivity index (χ1) is 10.1. The monoisotopic (exact) mass is 278 g/mol. The number of pyridine rings is 1. The third-order valence-electron chi connectivity index (χ3n) is 3.78. The van der Waals surface area contributed by atoms with Crippen LogP contribution in [0.1, 0.15) is 24.1 Å². The molecule has 1 atom stereocenters. The minimum absolute atomic E-state index is 0.0624. The number of aromatic nitrogens is 1. The van der Waals surface area contributed by atoms with E-state index in [-0.39, 0.29) is 11.6 Å². The second kappa shape index (κ2) is 5.44. The fourth-order valence-corrected chi connectivity index (χ4v) is 2.67. The van der Waals surface area contributed by atoms with Gasteiger partial charge in [-0.05, 0) is 42.5 Å². The Hall–Kier alpha value is -2.55. The maximum Gasteiger partial charge on any atom is 0.257 e. The van der Waals surface area contributed by atoms with Gasteiger partial charge in [-0.25, -0.2) is 0 Å². The number of benzene rings is 2. The average molecular weight is 278 g/mol. The topological polar surface area (TPSA) is 44.9 Å². The molecule has 0 saturated heterocycles. The number of fused-ring (bicyclic) bond motifs is 1. The normalized spacial score (nSPS) is 12.3. The molecule has 3 aromatic rings. The molecule has 0 spiro atoms. The molecule has 0 saturated carbocycles. The Morgan fingerprint density at radius 2 is 1.76 bits per heavy atom. The summed E-state index contributed by atoms with van der Waals surface area (Å²) >= 11 is 0. The van der Waals surface area contributed by atoms with E-state index in [1.54, 1.807) is 0 Å². The summed E-state index contributed by atoms with van der Waals surface area (Å²) < 4.78 is 0. The number of hydrogen-bond donors (Lipinski definition) is 2. The summed E-state index contributed by atoms with van der Waals surface area (Å²) in [6.45, 7) is 4.19. The van der Waals surface area contributed by atoms with Crippen molar-refractivity contribution >= 4 is 16.6 Å². The molecule has 3 rings (SSSR count). The van der Waals surface area contributed by atoms with Crippen LogP contribution in [0.4, 0.5) is 5.82 Å². The predicted octanol–water partition coefficient (Wildman–Crippen LogP) is 4.01. The summed E-state index contributed by atoms with van der Waals surface area (Å²) in [4.78, 5) is 15.0. The highest BCUT2D eigenvalue weighted by Gasteiger charge is 2.09. The summed E-state index contributed by atoms with van der Waals surface area (Å²) in [5, 5.41) is 5.04. The van der Waals surface area contributed by atoms with Gasteiger partial charge < -0.3 is 10.3 Å². The Kier molecular flexibility index (Phi) is 3.48. The lowest BCUT2D eigenvalue weighted by molar-refractivity contribution is 0.864. The zero-order chi connectivity index (χ0) is 14.8. The van der Waals surface area contributed by atoms with Gasteiger partial charge in [-0.1, -0.05) is 42.5 Å². The van der Waals surface area contributed by atoms with E-state index in [2.05, 4.69) is 36.3 Å². The number of aromatic amines is 1. The van der Waals surface area contributed by atoms with Crippen LogP contribution in [0.2, 0.25) is 0 Å². The maximum atomic E-state index is 12.1. The van der Waals surface area contributed by atoms with Gasteiger partial charge in [0, 0.05) is 5.39 Å². The van der Waals surface area contributed by atoms with E-state index in [9.17, 15) is 4.79 Å². The molecule has 0 fully saturated rings. The first-order valence-corrected chi connectivity index (χ1v) is 7.09. The van der Waals surface area contributed by atoms with E-state index in [0.717, 1.165) is 11.2 Å². The van der Waals surface area contributed by atoms with Crippen LogP contribution < -0.4 is 10.9 Å². The Morgan fingerprint density at radius 3 is 2.57 bits per heavy atom. The smallest absolute Gasteiger partial charge is 0.257 e. The quantitative estimate of drug-likeness (QED) is 0.760. The van der Waals surface area contributed by atoms with Crippen molar-refractivity contribution in [2.75, 3.05) is 5.32 Å². The number of aryl methyl sites for hydroxylation is 1. The molecule has 1 unspecified atom stereocenters. The summed E-state index contributed by atoms with van der Waals surface area (Å²) in [5.41, 5.74) is 2.40. The molecule has 3 nitrogen and oxygen atoms in total. The molecule has 106 valence electrons. The van der Waals surface area contributed by atoms with Crippen molar-refractivity contribution in [3.63, 3.8) is 0 Å². The fourth-order valence-electron chi connectivity index (χ4n) is 2.67. The first kappa shape index (κ1) is 13.4. The summed E-state index contributed by atoms with van der Waals surface area (Å²) in [6, 6.07) is 18.0. The molecule has 1 heterocycles. The Bertz CT molecular complexity index is 836. The van der Waals surface area contributed by atoms with Crippen molar-refractivity contribution < 1.29 is 0 Å². The molecule has 0 bridgehead atoms. The Labute approximate surface area is 123 Å². The molecule has 2 N–H and O–H groups in total. The number of H-pyrrole nitrogens is 1. The number of hydrogen-bond acceptors (Lipinski definition) is 2. The molecule has 0 aliphatic rings. The van der Waals surface area contributed by atoms with Crippen molar-refractivity contribution in [1.29, 1.82) is 0 Å². The lowest BCUT2D eigenvalue weighted by Gasteiger charge is -2.17. The molecular formula is C18H18N2O. The minimum atomic E-state index is -0.0624. The molecule has 1 aromatic heterocycles. The van der Waals surface area contributed by atoms with Gasteiger partial charge in [0.15, 0.2) is 0 Å². The molecule has 0 radical (unpaired) electrons. The van der Waals surface area contributed by atoms with Crippen LogP contribution >= 0.6 is 0 Å². The fraction of sp³-hybridized carbons (Fsp3) is 0.167. The molecule has 0 aliphatic carbocycles. The molecule has 0 aliphatic heterocycles. The van der Waals surface area contributed by atoms with E-state index < -0.39 is 0 Å². The predicted molar refractivity (Wildman–Crippen MR) is 87.8 cm³/mol. The van der Waals surface area contributed by atoms with E-state index in [0.29, 0.717) is 5.39 Å². The van der Waals surface area contributed by atoms with E-state index in [1.807, 2.05) is 42.5 Å². The third-order valence-corrected chi connectivity index (χ3v) is 3.78. The zero-order valence-electron chi connectivity index (χ0n) is 12.2. The number of nitrogens with one attached hydrogen (secondary N) is 2. The molecule has 21 heavy (non-hydrogen) atoms. The first-order valence-electron chi connectivity index (χ1n) is 7.09. The van der Waals surface area contributed by atoms with Crippen LogP contribution in [0.25, 0.3) is 10.8 Å². The van der Waals surface area contributed by atoms with Gasteiger partial charge >= 0.3 is 0 Å². The Morgan fingerprint density at radius 1 is 1.05 bits per heavy atom. The van der Waals surface area contributed by atoms with E-state index in [4.69, 9.17) is 0 Å². The standard InChI is InChI=1S/C18H18N2O/c1-12-7-3-5-9-15(12)13(2)19-17-11-14-8-4-6-10-16(14)18(21)20-17/h3-11,13H,1-2H3,(H2,19,20,21). The van der Waals surface area contributed by atoms with Gasteiger partial charge in [0.2, 0.25) is 0 Å².